The molecule has 0 heterocycles. The van der Waals surface area contributed by atoms with Crippen molar-refractivity contribution >= 4 is 5.97 Å². The Morgan fingerprint density at radius 2 is 2.00 bits per heavy atom. The Kier molecular flexibility index (Phi) is 4.08. The molecule has 0 spiro atoms. The Labute approximate surface area is 87.6 Å². The van der Waals surface area contributed by atoms with Gasteiger partial charge in [-0.2, -0.15) is 0 Å². The highest BCUT2D eigenvalue weighted by Crippen LogP contribution is 2.15. The zero-order chi connectivity index (χ0) is 11.3. The summed E-state index contributed by atoms with van der Waals surface area (Å²) in [5, 5.41) is 8.39. The summed E-state index contributed by atoms with van der Waals surface area (Å²) in [7, 11) is 0. The number of hydrogen-bond acceptors (Lipinski definition) is 4. The molecule has 0 saturated carbocycles. The average molecular weight is 210 g/mol. The van der Waals surface area contributed by atoms with Crippen molar-refractivity contribution in [2.45, 2.75) is 6.04 Å². The van der Waals surface area contributed by atoms with E-state index in [9.17, 15) is 4.79 Å². The molecule has 5 N–H and O–H groups in total. The Bertz CT molecular complexity index is 324. The molecule has 0 radical (unpaired) electrons. The quantitative estimate of drug-likeness (QED) is 0.640. The van der Waals surface area contributed by atoms with E-state index < -0.39 is 5.97 Å². The SMILES string of the molecule is NC[C@H](N)c1ccc(OCC(=O)O)cc1. The van der Waals surface area contributed by atoms with Gasteiger partial charge in [-0.05, 0) is 17.7 Å². The molecule has 0 amide bonds. The molecule has 5 nitrogen and oxygen atoms in total. The van der Waals surface area contributed by atoms with Crippen LogP contribution in [0.5, 0.6) is 5.75 Å². The van der Waals surface area contributed by atoms with E-state index in [1.54, 1.807) is 24.3 Å². The van der Waals surface area contributed by atoms with Crippen molar-refractivity contribution in [3.63, 3.8) is 0 Å². The topological polar surface area (TPSA) is 98.6 Å². The second-order valence-electron chi connectivity index (χ2n) is 3.09. The smallest absolute Gasteiger partial charge is 0.341 e. The number of benzene rings is 1. The molecule has 1 atom stereocenters. The van der Waals surface area contributed by atoms with Crippen LogP contribution < -0.4 is 16.2 Å². The highest BCUT2D eigenvalue weighted by atomic mass is 16.5. The van der Waals surface area contributed by atoms with Crippen molar-refractivity contribution in [2.75, 3.05) is 13.2 Å². The number of rotatable bonds is 5. The van der Waals surface area contributed by atoms with Gasteiger partial charge < -0.3 is 21.3 Å². The summed E-state index contributed by atoms with van der Waals surface area (Å²) in [6, 6.07) is 6.70. The average Bonchev–Trinajstić information content (AvgIpc) is 2.26. The Morgan fingerprint density at radius 1 is 1.40 bits per heavy atom. The number of hydrogen-bond donors (Lipinski definition) is 3. The van der Waals surface area contributed by atoms with Crippen molar-refractivity contribution < 1.29 is 14.6 Å². The van der Waals surface area contributed by atoms with Crippen molar-refractivity contribution in [3.8, 4) is 5.75 Å². The van der Waals surface area contributed by atoms with Crippen molar-refractivity contribution in [1.29, 1.82) is 0 Å². The van der Waals surface area contributed by atoms with Gasteiger partial charge >= 0.3 is 5.97 Å². The minimum atomic E-state index is -1.00. The van der Waals surface area contributed by atoms with Crippen LogP contribution in [0.15, 0.2) is 24.3 Å². The molecular formula is C10H14N2O3. The third-order valence-corrected chi connectivity index (χ3v) is 1.92. The molecule has 1 rings (SSSR count). The molecule has 0 aromatic heterocycles. The minimum absolute atomic E-state index is 0.196. The largest absolute Gasteiger partial charge is 0.482 e. The molecule has 82 valence electrons. The lowest BCUT2D eigenvalue weighted by Crippen LogP contribution is -2.20. The molecule has 1 aromatic carbocycles. The Balaban J connectivity index is 2.60. The van der Waals surface area contributed by atoms with E-state index in [4.69, 9.17) is 21.3 Å². The van der Waals surface area contributed by atoms with Gasteiger partial charge in [-0.15, -0.1) is 0 Å². The molecule has 0 aliphatic carbocycles. The number of ether oxygens (including phenoxy) is 1. The highest BCUT2D eigenvalue weighted by Gasteiger charge is 2.04. The van der Waals surface area contributed by atoms with Gasteiger partial charge in [0.1, 0.15) is 5.75 Å². The lowest BCUT2D eigenvalue weighted by atomic mass is 10.1. The van der Waals surface area contributed by atoms with Gasteiger partial charge in [-0.25, -0.2) is 4.79 Å². The number of carboxylic acid groups (broad SMARTS) is 1. The molecule has 1 aromatic rings. The highest BCUT2D eigenvalue weighted by molar-refractivity contribution is 5.68. The first-order chi connectivity index (χ1) is 7.13. The Hall–Kier alpha value is -1.59. The standard InChI is InChI=1S/C10H14N2O3/c11-5-9(12)7-1-3-8(4-2-7)15-6-10(13)14/h1-4,9H,5-6,11-12H2,(H,13,14)/t9-/m0/s1. The Morgan fingerprint density at radius 3 is 2.47 bits per heavy atom. The molecule has 0 fully saturated rings. The predicted octanol–water partition coefficient (Wildman–Crippen LogP) is 0.108. The fourth-order valence-corrected chi connectivity index (χ4v) is 1.09. The summed E-state index contributed by atoms with van der Waals surface area (Å²) in [5.41, 5.74) is 12.0. The lowest BCUT2D eigenvalue weighted by molar-refractivity contribution is -0.139. The maximum Gasteiger partial charge on any atom is 0.341 e. The van der Waals surface area contributed by atoms with Crippen molar-refractivity contribution in [3.05, 3.63) is 29.8 Å². The first-order valence-corrected chi connectivity index (χ1v) is 4.53. The summed E-state index contributed by atoms with van der Waals surface area (Å²) in [6.45, 7) is 0.0254. The molecule has 0 aliphatic heterocycles. The van der Waals surface area contributed by atoms with Crippen LogP contribution in [0.1, 0.15) is 11.6 Å². The summed E-state index contributed by atoms with van der Waals surface area (Å²) in [4.78, 5) is 10.2. The van der Waals surface area contributed by atoms with E-state index in [0.29, 0.717) is 12.3 Å². The van der Waals surface area contributed by atoms with E-state index in [1.807, 2.05) is 0 Å². The van der Waals surface area contributed by atoms with Crippen LogP contribution in [0.3, 0.4) is 0 Å². The van der Waals surface area contributed by atoms with Gasteiger partial charge in [0.25, 0.3) is 0 Å². The third kappa shape index (κ3) is 3.57. The van der Waals surface area contributed by atoms with Gasteiger partial charge in [0, 0.05) is 12.6 Å². The second-order valence-corrected chi connectivity index (χ2v) is 3.09. The van der Waals surface area contributed by atoms with Crippen molar-refractivity contribution in [2.24, 2.45) is 11.5 Å². The zero-order valence-corrected chi connectivity index (χ0v) is 8.22. The maximum atomic E-state index is 10.2. The molecule has 15 heavy (non-hydrogen) atoms. The van der Waals surface area contributed by atoms with E-state index in [0.717, 1.165) is 5.56 Å². The minimum Gasteiger partial charge on any atom is -0.482 e. The number of carboxylic acids is 1. The summed E-state index contributed by atoms with van der Waals surface area (Å²) in [6.07, 6.45) is 0. The summed E-state index contributed by atoms with van der Waals surface area (Å²) < 4.78 is 4.96. The normalized spacial score (nSPS) is 12.1. The number of aliphatic carboxylic acids is 1. The van der Waals surface area contributed by atoms with Gasteiger partial charge in [0.2, 0.25) is 0 Å². The van der Waals surface area contributed by atoms with Gasteiger partial charge in [0.05, 0.1) is 0 Å². The van der Waals surface area contributed by atoms with Crippen LogP contribution in [0.4, 0.5) is 0 Å². The van der Waals surface area contributed by atoms with Crippen molar-refractivity contribution in [1.82, 2.24) is 0 Å². The van der Waals surface area contributed by atoms with Gasteiger partial charge in [0.15, 0.2) is 6.61 Å². The fraction of sp³-hybridized carbons (Fsp3) is 0.300. The summed E-state index contributed by atoms with van der Waals surface area (Å²) in [5.74, 6) is -0.497. The molecular weight excluding hydrogens is 196 g/mol. The monoisotopic (exact) mass is 210 g/mol. The fourth-order valence-electron chi connectivity index (χ4n) is 1.09. The van der Waals surface area contributed by atoms with Crippen LogP contribution in [0.2, 0.25) is 0 Å². The van der Waals surface area contributed by atoms with Gasteiger partial charge in [-0.1, -0.05) is 12.1 Å². The zero-order valence-electron chi connectivity index (χ0n) is 8.22. The number of carbonyl (C=O) groups is 1. The first kappa shape index (κ1) is 11.5. The maximum absolute atomic E-state index is 10.2. The van der Waals surface area contributed by atoms with E-state index in [1.165, 1.54) is 0 Å². The molecule has 0 aliphatic rings. The first-order valence-electron chi connectivity index (χ1n) is 4.53. The van der Waals surface area contributed by atoms with E-state index in [2.05, 4.69) is 0 Å². The van der Waals surface area contributed by atoms with Crippen LogP contribution in [0, 0.1) is 0 Å². The second kappa shape index (κ2) is 5.33. The van der Waals surface area contributed by atoms with Crippen LogP contribution >= 0.6 is 0 Å². The molecule has 0 bridgehead atoms. The third-order valence-electron chi connectivity index (χ3n) is 1.92. The van der Waals surface area contributed by atoms with Crippen LogP contribution in [-0.2, 0) is 4.79 Å². The van der Waals surface area contributed by atoms with Gasteiger partial charge in [-0.3, -0.25) is 0 Å². The molecule has 0 saturated heterocycles. The number of nitrogens with two attached hydrogens (primary N) is 2. The molecule has 0 unspecified atom stereocenters. The lowest BCUT2D eigenvalue weighted by Gasteiger charge is -2.09. The van der Waals surface area contributed by atoms with Crippen LogP contribution in [0.25, 0.3) is 0 Å². The summed E-state index contributed by atoms with van der Waals surface area (Å²) >= 11 is 0. The predicted molar refractivity (Wildman–Crippen MR) is 55.6 cm³/mol. The van der Waals surface area contributed by atoms with E-state index in [-0.39, 0.29) is 12.6 Å². The van der Waals surface area contributed by atoms with Crippen LogP contribution in [-0.4, -0.2) is 24.2 Å². The van der Waals surface area contributed by atoms with E-state index >= 15 is 0 Å². The molecule has 5 heteroatoms.